The highest BCUT2D eigenvalue weighted by atomic mass is 14.6. The van der Waals surface area contributed by atoms with E-state index in [0.717, 1.165) is 6.42 Å². The van der Waals surface area contributed by atoms with Crippen LogP contribution in [0.25, 0.3) is 0 Å². The van der Waals surface area contributed by atoms with E-state index in [1.807, 2.05) is 6.92 Å². The second-order valence-corrected chi connectivity index (χ2v) is 4.88. The Balaban J connectivity index is 2.97. The molecule has 0 aromatic heterocycles. The van der Waals surface area contributed by atoms with Crippen molar-refractivity contribution in [1.29, 1.82) is 0 Å². The average Bonchev–Trinajstić information content (AvgIpc) is 2.35. The summed E-state index contributed by atoms with van der Waals surface area (Å²) in [6.07, 6.45) is 7.52. The molecule has 0 aliphatic heterocycles. The van der Waals surface area contributed by atoms with Crippen molar-refractivity contribution in [3.8, 4) is 0 Å². The van der Waals surface area contributed by atoms with Crippen LogP contribution in [0.2, 0.25) is 0 Å². The fraction of sp³-hybridized carbons (Fsp3) is 0.412. The minimum atomic E-state index is 0.107. The first-order valence-electron chi connectivity index (χ1n) is 6.75. The Bertz CT molecular complexity index is 410. The molecule has 0 amide bonds. The van der Waals surface area contributed by atoms with Gasteiger partial charge in [-0.25, -0.2) is 0 Å². The summed E-state index contributed by atoms with van der Waals surface area (Å²) in [5.74, 6) is 0.464. The first-order valence-corrected chi connectivity index (χ1v) is 6.75. The standard InChI is InChI=1S/C17H25N/c1-5-15(12-9-14(4)18)17(6-2)16-10-7-13(3)8-11-16/h5,7-12,14,17H,6,18H2,1-4H3/b12-9-,15-5+. The van der Waals surface area contributed by atoms with E-state index < -0.39 is 0 Å². The summed E-state index contributed by atoms with van der Waals surface area (Å²) >= 11 is 0. The molecule has 98 valence electrons. The molecule has 0 saturated heterocycles. The number of aryl methyl sites for hydroxylation is 1. The molecule has 1 nitrogen and oxygen atoms in total. The van der Waals surface area contributed by atoms with Gasteiger partial charge in [0.15, 0.2) is 0 Å². The summed E-state index contributed by atoms with van der Waals surface area (Å²) in [6, 6.07) is 8.93. The SMILES string of the molecule is C/C=C(\C=C/C(C)N)C(CC)c1ccc(C)cc1. The normalized spacial score (nSPS) is 15.9. The van der Waals surface area contributed by atoms with Gasteiger partial charge in [-0.1, -0.05) is 55.0 Å². The molecule has 0 heterocycles. The van der Waals surface area contributed by atoms with Gasteiger partial charge in [0.25, 0.3) is 0 Å². The van der Waals surface area contributed by atoms with Gasteiger partial charge < -0.3 is 5.73 Å². The number of nitrogens with two attached hydrogens (primary N) is 1. The van der Waals surface area contributed by atoms with Gasteiger partial charge in [0, 0.05) is 12.0 Å². The smallest absolute Gasteiger partial charge is 0.0197 e. The summed E-state index contributed by atoms with van der Waals surface area (Å²) in [6.45, 7) is 8.44. The topological polar surface area (TPSA) is 26.0 Å². The van der Waals surface area contributed by atoms with Crippen LogP contribution in [-0.4, -0.2) is 6.04 Å². The summed E-state index contributed by atoms with van der Waals surface area (Å²) < 4.78 is 0. The van der Waals surface area contributed by atoms with Crippen LogP contribution in [0.1, 0.15) is 44.2 Å². The van der Waals surface area contributed by atoms with E-state index in [9.17, 15) is 0 Å². The van der Waals surface area contributed by atoms with E-state index in [1.165, 1.54) is 16.7 Å². The molecule has 2 atom stereocenters. The molecule has 0 radical (unpaired) electrons. The summed E-state index contributed by atoms with van der Waals surface area (Å²) in [5, 5.41) is 0. The van der Waals surface area contributed by atoms with Crippen molar-refractivity contribution in [1.82, 2.24) is 0 Å². The molecule has 1 heteroatoms. The minimum Gasteiger partial charge on any atom is -0.325 e. The molecule has 0 aliphatic carbocycles. The molecule has 2 unspecified atom stereocenters. The summed E-state index contributed by atoms with van der Waals surface area (Å²) in [5.41, 5.74) is 9.81. The van der Waals surface area contributed by atoms with Crippen molar-refractivity contribution in [2.24, 2.45) is 5.73 Å². The monoisotopic (exact) mass is 243 g/mol. The van der Waals surface area contributed by atoms with E-state index in [0.29, 0.717) is 5.92 Å². The van der Waals surface area contributed by atoms with Gasteiger partial charge >= 0.3 is 0 Å². The second-order valence-electron chi connectivity index (χ2n) is 4.88. The van der Waals surface area contributed by atoms with Crippen LogP contribution in [0.4, 0.5) is 0 Å². The van der Waals surface area contributed by atoms with Crippen LogP contribution in [-0.2, 0) is 0 Å². The lowest BCUT2D eigenvalue weighted by atomic mass is 9.88. The van der Waals surface area contributed by atoms with E-state index in [-0.39, 0.29) is 6.04 Å². The second kappa shape index (κ2) is 7.17. The third kappa shape index (κ3) is 4.15. The summed E-state index contributed by atoms with van der Waals surface area (Å²) in [7, 11) is 0. The van der Waals surface area contributed by atoms with Crippen molar-refractivity contribution in [2.45, 2.75) is 46.1 Å². The van der Waals surface area contributed by atoms with Crippen molar-refractivity contribution in [2.75, 3.05) is 0 Å². The van der Waals surface area contributed by atoms with Gasteiger partial charge in [-0.15, -0.1) is 0 Å². The Morgan fingerprint density at radius 1 is 1.28 bits per heavy atom. The van der Waals surface area contributed by atoms with Gasteiger partial charge in [-0.05, 0) is 38.3 Å². The maximum absolute atomic E-state index is 5.78. The Kier molecular flexibility index (Phi) is 5.87. The number of hydrogen-bond donors (Lipinski definition) is 1. The number of allylic oxidation sites excluding steroid dienone is 3. The highest BCUT2D eigenvalue weighted by molar-refractivity contribution is 5.36. The van der Waals surface area contributed by atoms with Crippen molar-refractivity contribution in [3.05, 3.63) is 59.2 Å². The predicted molar refractivity (Wildman–Crippen MR) is 80.8 cm³/mol. The van der Waals surface area contributed by atoms with Crippen LogP contribution >= 0.6 is 0 Å². The van der Waals surface area contributed by atoms with E-state index in [1.54, 1.807) is 0 Å². The average molecular weight is 243 g/mol. The largest absolute Gasteiger partial charge is 0.325 e. The lowest BCUT2D eigenvalue weighted by Crippen LogP contribution is -2.11. The van der Waals surface area contributed by atoms with Crippen LogP contribution < -0.4 is 5.73 Å². The molecular formula is C17H25N. The zero-order valence-corrected chi connectivity index (χ0v) is 12.0. The molecule has 2 N–H and O–H groups in total. The fourth-order valence-electron chi connectivity index (χ4n) is 2.14. The van der Waals surface area contributed by atoms with E-state index in [2.05, 4.69) is 63.3 Å². The fourth-order valence-corrected chi connectivity index (χ4v) is 2.14. The number of rotatable bonds is 5. The molecule has 0 bridgehead atoms. The van der Waals surface area contributed by atoms with Crippen molar-refractivity contribution >= 4 is 0 Å². The lowest BCUT2D eigenvalue weighted by molar-refractivity contribution is 0.772. The molecule has 18 heavy (non-hydrogen) atoms. The first-order chi connectivity index (χ1) is 8.58. The zero-order chi connectivity index (χ0) is 13.5. The van der Waals surface area contributed by atoms with Crippen LogP contribution in [0.5, 0.6) is 0 Å². The Morgan fingerprint density at radius 2 is 1.89 bits per heavy atom. The van der Waals surface area contributed by atoms with Gasteiger partial charge in [-0.2, -0.15) is 0 Å². The highest BCUT2D eigenvalue weighted by Gasteiger charge is 2.11. The molecule has 0 fully saturated rings. The van der Waals surface area contributed by atoms with Gasteiger partial charge in [-0.3, -0.25) is 0 Å². The number of benzene rings is 1. The van der Waals surface area contributed by atoms with Crippen molar-refractivity contribution < 1.29 is 0 Å². The maximum Gasteiger partial charge on any atom is 0.0197 e. The molecule has 1 rings (SSSR count). The lowest BCUT2D eigenvalue weighted by Gasteiger charge is -2.17. The van der Waals surface area contributed by atoms with Gasteiger partial charge in [0.1, 0.15) is 0 Å². The molecule has 1 aromatic rings. The van der Waals surface area contributed by atoms with E-state index in [4.69, 9.17) is 5.73 Å². The van der Waals surface area contributed by atoms with Crippen LogP contribution in [0.3, 0.4) is 0 Å². The highest BCUT2D eigenvalue weighted by Crippen LogP contribution is 2.28. The molecule has 0 spiro atoms. The van der Waals surface area contributed by atoms with Crippen LogP contribution in [0.15, 0.2) is 48.1 Å². The molecule has 1 aromatic carbocycles. The minimum absolute atomic E-state index is 0.107. The Hall–Kier alpha value is -1.34. The third-order valence-electron chi connectivity index (χ3n) is 3.22. The van der Waals surface area contributed by atoms with Crippen LogP contribution in [0, 0.1) is 6.92 Å². The number of hydrogen-bond acceptors (Lipinski definition) is 1. The van der Waals surface area contributed by atoms with Gasteiger partial charge in [0.05, 0.1) is 0 Å². The van der Waals surface area contributed by atoms with Gasteiger partial charge in [0.2, 0.25) is 0 Å². The van der Waals surface area contributed by atoms with E-state index >= 15 is 0 Å². The third-order valence-corrected chi connectivity index (χ3v) is 3.22. The first kappa shape index (κ1) is 14.7. The van der Waals surface area contributed by atoms with Crippen molar-refractivity contribution in [3.63, 3.8) is 0 Å². The zero-order valence-electron chi connectivity index (χ0n) is 12.0. The molecular weight excluding hydrogens is 218 g/mol. The molecule has 0 aliphatic rings. The predicted octanol–water partition coefficient (Wildman–Crippen LogP) is 4.34. The maximum atomic E-state index is 5.78. The summed E-state index contributed by atoms with van der Waals surface area (Å²) in [4.78, 5) is 0. The molecule has 0 saturated carbocycles. The Labute approximate surface area is 111 Å². The Morgan fingerprint density at radius 3 is 2.33 bits per heavy atom. The quantitative estimate of drug-likeness (QED) is 0.765.